The zero-order valence-electron chi connectivity index (χ0n) is 21.6. The molecule has 1 aliphatic rings. The molecule has 0 radical (unpaired) electrons. The number of carbonyl (C=O) groups is 3. The van der Waals surface area contributed by atoms with Crippen molar-refractivity contribution in [2.45, 2.75) is 38.4 Å². The van der Waals surface area contributed by atoms with Gasteiger partial charge in [-0.2, -0.15) is 0 Å². The van der Waals surface area contributed by atoms with Crippen molar-refractivity contribution in [1.82, 2.24) is 4.90 Å². The van der Waals surface area contributed by atoms with E-state index in [4.69, 9.17) is 9.73 Å². The largest absolute Gasteiger partial charge is 0.462 e. The average Bonchev–Trinajstić information content (AvgIpc) is 2.91. The van der Waals surface area contributed by atoms with Gasteiger partial charge in [0.15, 0.2) is 5.17 Å². The summed E-state index contributed by atoms with van der Waals surface area (Å²) in [7, 11) is 0. The van der Waals surface area contributed by atoms with Crippen molar-refractivity contribution in [3.63, 3.8) is 0 Å². The van der Waals surface area contributed by atoms with E-state index in [1.165, 1.54) is 17.3 Å². The highest BCUT2D eigenvalue weighted by Gasteiger charge is 2.35. The maximum atomic E-state index is 13.3. The van der Waals surface area contributed by atoms with Gasteiger partial charge in [-0.1, -0.05) is 54.2 Å². The van der Waals surface area contributed by atoms with Crippen LogP contribution in [0, 0.1) is 6.92 Å². The predicted octanol–water partition coefficient (Wildman–Crippen LogP) is 5.76. The van der Waals surface area contributed by atoms with Gasteiger partial charge in [0.05, 0.1) is 17.9 Å². The lowest BCUT2D eigenvalue weighted by Crippen LogP contribution is -2.45. The minimum absolute atomic E-state index is 0.0917. The number of rotatable bonds is 9. The molecule has 1 saturated heterocycles. The fourth-order valence-electron chi connectivity index (χ4n) is 4.09. The summed E-state index contributed by atoms with van der Waals surface area (Å²) in [5, 5.41) is 2.80. The van der Waals surface area contributed by atoms with Crippen molar-refractivity contribution in [2.75, 3.05) is 18.5 Å². The van der Waals surface area contributed by atoms with Gasteiger partial charge in [-0.15, -0.1) is 0 Å². The molecule has 0 aromatic heterocycles. The van der Waals surface area contributed by atoms with Crippen molar-refractivity contribution >= 4 is 46.1 Å². The van der Waals surface area contributed by atoms with E-state index >= 15 is 0 Å². The van der Waals surface area contributed by atoms with E-state index in [9.17, 15) is 14.4 Å². The predicted molar refractivity (Wildman–Crippen MR) is 152 cm³/mol. The molecule has 1 aliphatic heterocycles. The number of carbonyl (C=O) groups excluding carboxylic acids is 3. The summed E-state index contributed by atoms with van der Waals surface area (Å²) >= 11 is 1.29. The first-order valence-corrected chi connectivity index (χ1v) is 13.5. The third kappa shape index (κ3) is 7.32. The van der Waals surface area contributed by atoms with E-state index in [2.05, 4.69) is 17.4 Å². The van der Waals surface area contributed by atoms with E-state index in [0.29, 0.717) is 35.3 Å². The number of thioether (sulfide) groups is 1. The van der Waals surface area contributed by atoms with Crippen molar-refractivity contribution in [2.24, 2.45) is 4.99 Å². The number of anilines is 1. The first-order valence-electron chi connectivity index (χ1n) is 12.7. The third-order valence-corrected chi connectivity index (χ3v) is 7.20. The zero-order valence-corrected chi connectivity index (χ0v) is 22.4. The number of amides is 2. The lowest BCUT2D eigenvalue weighted by molar-refractivity contribution is -0.129. The molecule has 7 nitrogen and oxygen atoms in total. The first kappa shape index (κ1) is 27.1. The van der Waals surface area contributed by atoms with Crippen molar-refractivity contribution in [3.05, 3.63) is 95.6 Å². The number of aliphatic imine (C=N–C) groups is 1. The number of hydrogen-bond donors (Lipinski definition) is 1. The standard InChI is InChI=1S/C30H31N3O4S/c1-3-37-29(36)23-14-16-24(17-15-23)32-30-33(18-8-12-22-10-5-4-6-11-22)27(34)20-26(38-30)28(35)31-25-13-7-9-21(2)19-25/h4-7,9-11,13-17,19,26H,3,8,12,18,20H2,1-2H3,(H,31,35). The average molecular weight is 530 g/mol. The molecular formula is C30H31N3O4S. The number of amidine groups is 1. The van der Waals surface area contributed by atoms with E-state index < -0.39 is 11.2 Å². The summed E-state index contributed by atoms with van der Waals surface area (Å²) in [5.74, 6) is -0.768. The molecule has 0 bridgehead atoms. The van der Waals surface area contributed by atoms with Gasteiger partial charge in [-0.3, -0.25) is 14.5 Å². The van der Waals surface area contributed by atoms with Crippen molar-refractivity contribution in [3.8, 4) is 0 Å². The number of nitrogens with zero attached hydrogens (tertiary/aromatic N) is 2. The molecule has 4 rings (SSSR count). The van der Waals surface area contributed by atoms with E-state index in [-0.39, 0.29) is 18.2 Å². The lowest BCUT2D eigenvalue weighted by atomic mass is 10.1. The highest BCUT2D eigenvalue weighted by atomic mass is 32.2. The first-order chi connectivity index (χ1) is 18.4. The molecule has 38 heavy (non-hydrogen) atoms. The summed E-state index contributed by atoms with van der Waals surface area (Å²) in [6, 6.07) is 24.4. The van der Waals surface area contributed by atoms with Gasteiger partial charge < -0.3 is 10.1 Å². The molecule has 0 saturated carbocycles. The van der Waals surface area contributed by atoms with E-state index in [1.54, 1.807) is 36.1 Å². The van der Waals surface area contributed by atoms with Crippen LogP contribution in [0.1, 0.15) is 41.3 Å². The Hall–Kier alpha value is -3.91. The van der Waals surface area contributed by atoms with Crippen LogP contribution in [0.25, 0.3) is 0 Å². The van der Waals surface area contributed by atoms with Gasteiger partial charge in [0.2, 0.25) is 11.8 Å². The Morgan fingerprint density at radius 3 is 2.53 bits per heavy atom. The molecular weight excluding hydrogens is 498 g/mol. The molecule has 1 atom stereocenters. The smallest absolute Gasteiger partial charge is 0.338 e. The van der Waals surface area contributed by atoms with Crippen molar-refractivity contribution < 1.29 is 19.1 Å². The Labute approximate surface area is 227 Å². The Bertz CT molecular complexity index is 1310. The molecule has 1 unspecified atom stereocenters. The minimum atomic E-state index is -0.606. The molecule has 2 amide bonds. The molecule has 1 N–H and O–H groups in total. The number of hydrogen-bond acceptors (Lipinski definition) is 6. The SMILES string of the molecule is CCOC(=O)c1ccc(N=C2SC(C(=O)Nc3cccc(C)c3)CC(=O)N2CCCc2ccccc2)cc1. The summed E-state index contributed by atoms with van der Waals surface area (Å²) < 4.78 is 5.05. The maximum Gasteiger partial charge on any atom is 0.338 e. The van der Waals surface area contributed by atoms with Crippen LogP contribution >= 0.6 is 11.8 Å². The fraction of sp³-hybridized carbons (Fsp3) is 0.267. The number of ether oxygens (including phenoxy) is 1. The second-order valence-corrected chi connectivity index (χ2v) is 10.1. The molecule has 0 aliphatic carbocycles. The van der Waals surface area contributed by atoms with Crippen LogP contribution in [-0.2, 0) is 20.7 Å². The highest BCUT2D eigenvalue weighted by molar-refractivity contribution is 8.15. The summed E-state index contributed by atoms with van der Waals surface area (Å²) in [6.45, 7) is 4.51. The van der Waals surface area contributed by atoms with Gasteiger partial charge in [0.1, 0.15) is 5.25 Å². The summed E-state index contributed by atoms with van der Waals surface area (Å²) in [4.78, 5) is 44.8. The molecule has 0 spiro atoms. The topological polar surface area (TPSA) is 88.1 Å². The summed E-state index contributed by atoms with van der Waals surface area (Å²) in [5.41, 5.74) is 3.95. The van der Waals surface area contributed by atoms with Crippen LogP contribution < -0.4 is 5.32 Å². The number of aryl methyl sites for hydroxylation is 2. The zero-order chi connectivity index (χ0) is 26.9. The van der Waals surface area contributed by atoms with Crippen LogP contribution in [0.3, 0.4) is 0 Å². The molecule has 3 aromatic carbocycles. The molecule has 1 fully saturated rings. The number of nitrogens with one attached hydrogen (secondary N) is 1. The summed E-state index contributed by atoms with van der Waals surface area (Å²) in [6.07, 6.45) is 1.68. The molecule has 8 heteroatoms. The Kier molecular flexibility index (Phi) is 9.32. The van der Waals surface area contributed by atoms with Crippen LogP contribution in [0.5, 0.6) is 0 Å². The molecule has 196 valence electrons. The van der Waals surface area contributed by atoms with Crippen LogP contribution in [0.4, 0.5) is 11.4 Å². The fourth-order valence-corrected chi connectivity index (χ4v) is 5.21. The third-order valence-electron chi connectivity index (χ3n) is 6.01. The molecule has 3 aromatic rings. The Morgan fingerprint density at radius 2 is 1.82 bits per heavy atom. The maximum absolute atomic E-state index is 13.3. The van der Waals surface area contributed by atoms with Crippen LogP contribution in [0.15, 0.2) is 83.9 Å². The second kappa shape index (κ2) is 13.1. The quantitative estimate of drug-likeness (QED) is 0.356. The van der Waals surface area contributed by atoms with Crippen LogP contribution in [0.2, 0.25) is 0 Å². The van der Waals surface area contributed by atoms with Gasteiger partial charge >= 0.3 is 5.97 Å². The Balaban J connectivity index is 1.53. The second-order valence-electron chi connectivity index (χ2n) is 8.97. The van der Waals surface area contributed by atoms with Gasteiger partial charge in [-0.25, -0.2) is 9.79 Å². The van der Waals surface area contributed by atoms with Gasteiger partial charge in [0.25, 0.3) is 0 Å². The van der Waals surface area contributed by atoms with Crippen molar-refractivity contribution in [1.29, 1.82) is 0 Å². The number of benzene rings is 3. The highest BCUT2D eigenvalue weighted by Crippen LogP contribution is 2.30. The van der Waals surface area contributed by atoms with E-state index in [0.717, 1.165) is 18.4 Å². The Morgan fingerprint density at radius 1 is 1.05 bits per heavy atom. The normalized spacial score (nSPS) is 16.4. The monoisotopic (exact) mass is 529 g/mol. The van der Waals surface area contributed by atoms with Crippen LogP contribution in [-0.4, -0.2) is 46.3 Å². The van der Waals surface area contributed by atoms with E-state index in [1.807, 2.05) is 49.4 Å². The number of esters is 1. The molecule has 1 heterocycles. The van der Waals surface area contributed by atoms with Gasteiger partial charge in [0, 0.05) is 18.7 Å². The van der Waals surface area contributed by atoms with Gasteiger partial charge in [-0.05, 0) is 74.2 Å². The lowest BCUT2D eigenvalue weighted by Gasteiger charge is -2.32. The minimum Gasteiger partial charge on any atom is -0.462 e.